The van der Waals surface area contributed by atoms with Gasteiger partial charge in [-0.05, 0) is 28.9 Å². The standard InChI is InChI=1S/C17H14BrN3O3S/c18-12-6-8-13(9-7-12)19-15(22)10-11-25-16-17(23)24-20-21(16)14-4-2-1-3-5-14/h1-9H,10-11H2,(H-,19,20,22,23). The quantitative estimate of drug-likeness (QED) is 0.490. The minimum atomic E-state index is -0.512. The number of carbonyl (C=O) groups excluding carboxylic acids is 1. The van der Waals surface area contributed by atoms with Gasteiger partial charge in [0.05, 0.1) is 5.27 Å². The number of benzene rings is 2. The van der Waals surface area contributed by atoms with Crippen LogP contribution in [0, 0.1) is 0 Å². The molecule has 8 heteroatoms. The average molecular weight is 420 g/mol. The molecule has 0 unspecified atom stereocenters. The van der Waals surface area contributed by atoms with E-state index in [4.69, 9.17) is 4.52 Å². The number of nitrogens with one attached hydrogen (secondary N) is 1. The average Bonchev–Trinajstić information content (AvgIpc) is 2.99. The van der Waals surface area contributed by atoms with Crippen molar-refractivity contribution in [1.29, 1.82) is 0 Å². The lowest BCUT2D eigenvalue weighted by molar-refractivity contribution is -0.705. The Labute approximate surface area is 157 Å². The largest absolute Gasteiger partial charge is 0.538 e. The van der Waals surface area contributed by atoms with Gasteiger partial charge in [0.25, 0.3) is 5.03 Å². The molecule has 0 aliphatic rings. The molecule has 0 aliphatic carbocycles. The summed E-state index contributed by atoms with van der Waals surface area (Å²) in [5.41, 5.74) is 1.46. The summed E-state index contributed by atoms with van der Waals surface area (Å²) in [7, 11) is 0. The van der Waals surface area contributed by atoms with Crippen LogP contribution < -0.4 is 15.1 Å². The van der Waals surface area contributed by atoms with Gasteiger partial charge in [0.1, 0.15) is 0 Å². The predicted octanol–water partition coefficient (Wildman–Crippen LogP) is 2.91. The molecule has 0 saturated heterocycles. The molecule has 1 aromatic heterocycles. The molecule has 0 atom stereocenters. The Hall–Kier alpha value is -2.32. The number of aromatic nitrogens is 2. The first-order valence-electron chi connectivity index (χ1n) is 7.46. The molecule has 6 nitrogen and oxygen atoms in total. The highest BCUT2D eigenvalue weighted by Crippen LogP contribution is 2.24. The van der Waals surface area contributed by atoms with Crippen LogP contribution >= 0.6 is 27.7 Å². The first kappa shape index (κ1) is 17.5. The molecule has 128 valence electrons. The number of nitrogens with zero attached hydrogens (tertiary/aromatic N) is 2. The fraction of sp³-hybridized carbons (Fsp3) is 0.118. The highest BCUT2D eigenvalue weighted by atomic mass is 79.9. The number of rotatable bonds is 6. The summed E-state index contributed by atoms with van der Waals surface area (Å²) in [6.45, 7) is 0. The number of amides is 1. The Kier molecular flexibility index (Phi) is 5.72. The van der Waals surface area contributed by atoms with Gasteiger partial charge in [-0.2, -0.15) is 0 Å². The molecule has 2 aromatic carbocycles. The van der Waals surface area contributed by atoms with E-state index in [1.165, 1.54) is 16.4 Å². The van der Waals surface area contributed by atoms with Gasteiger partial charge in [0.2, 0.25) is 11.6 Å². The van der Waals surface area contributed by atoms with Crippen LogP contribution in [-0.4, -0.2) is 16.9 Å². The summed E-state index contributed by atoms with van der Waals surface area (Å²) in [4.78, 5) is 12.0. The van der Waals surface area contributed by atoms with E-state index in [9.17, 15) is 9.90 Å². The third-order valence-electron chi connectivity index (χ3n) is 3.27. The van der Waals surface area contributed by atoms with Crippen LogP contribution in [0.2, 0.25) is 0 Å². The summed E-state index contributed by atoms with van der Waals surface area (Å²) in [5, 5.41) is 18.8. The van der Waals surface area contributed by atoms with Gasteiger partial charge in [-0.25, -0.2) is 0 Å². The molecule has 0 aliphatic heterocycles. The maximum atomic E-state index is 12.0. The molecule has 1 N–H and O–H groups in total. The van der Waals surface area contributed by atoms with E-state index in [2.05, 4.69) is 26.5 Å². The topological polar surface area (TPSA) is 82.1 Å². The molecule has 3 aromatic rings. The summed E-state index contributed by atoms with van der Waals surface area (Å²) in [6, 6.07) is 16.6. The van der Waals surface area contributed by atoms with Crippen LogP contribution in [0.15, 0.2) is 68.6 Å². The fourth-order valence-electron chi connectivity index (χ4n) is 2.09. The van der Waals surface area contributed by atoms with Crippen molar-refractivity contribution in [2.75, 3.05) is 11.1 Å². The molecule has 3 rings (SSSR count). The zero-order valence-corrected chi connectivity index (χ0v) is 15.4. The van der Waals surface area contributed by atoms with Gasteiger partial charge in [-0.1, -0.05) is 45.9 Å². The molecule has 1 amide bonds. The third-order valence-corrected chi connectivity index (χ3v) is 4.82. The van der Waals surface area contributed by atoms with Crippen LogP contribution in [-0.2, 0) is 4.79 Å². The summed E-state index contributed by atoms with van der Waals surface area (Å²) >= 11 is 4.59. The molecular formula is C17H14BrN3O3S. The smallest absolute Gasteiger partial charge is 0.297 e. The van der Waals surface area contributed by atoms with Gasteiger partial charge in [-0.3, -0.25) is 4.79 Å². The van der Waals surface area contributed by atoms with E-state index < -0.39 is 5.95 Å². The van der Waals surface area contributed by atoms with Crippen molar-refractivity contribution < 1.29 is 19.1 Å². The summed E-state index contributed by atoms with van der Waals surface area (Å²) in [6.07, 6.45) is 0.264. The second-order valence-electron chi connectivity index (χ2n) is 5.07. The molecule has 0 bridgehead atoms. The fourth-order valence-corrected chi connectivity index (χ4v) is 3.25. The zero-order chi connectivity index (χ0) is 17.6. The van der Waals surface area contributed by atoms with Gasteiger partial charge < -0.3 is 14.9 Å². The lowest BCUT2D eigenvalue weighted by Gasteiger charge is -2.04. The third kappa shape index (κ3) is 4.61. The van der Waals surface area contributed by atoms with Gasteiger partial charge in [0, 0.05) is 34.5 Å². The van der Waals surface area contributed by atoms with E-state index in [1.807, 2.05) is 54.6 Å². The van der Waals surface area contributed by atoms with Crippen molar-refractivity contribution in [3.8, 4) is 11.6 Å². The van der Waals surface area contributed by atoms with E-state index >= 15 is 0 Å². The molecule has 0 spiro atoms. The maximum Gasteiger partial charge on any atom is 0.297 e. The zero-order valence-electron chi connectivity index (χ0n) is 13.0. The molecular weight excluding hydrogens is 406 g/mol. The number of halogens is 1. The van der Waals surface area contributed by atoms with Crippen LogP contribution in [0.25, 0.3) is 5.69 Å². The second-order valence-corrected chi connectivity index (χ2v) is 7.07. The number of thioether (sulfide) groups is 1. The lowest BCUT2D eigenvalue weighted by atomic mass is 10.3. The van der Waals surface area contributed by atoms with E-state index in [0.29, 0.717) is 10.8 Å². The Bertz CT molecular complexity index is 853. The monoisotopic (exact) mass is 419 g/mol. The summed E-state index contributed by atoms with van der Waals surface area (Å²) in [5.74, 6) is -0.196. The van der Waals surface area contributed by atoms with Crippen molar-refractivity contribution in [2.45, 2.75) is 11.4 Å². The van der Waals surface area contributed by atoms with Gasteiger partial charge in [0.15, 0.2) is 5.95 Å². The number of hydrogen-bond donors (Lipinski definition) is 1. The Balaban J connectivity index is 1.58. The van der Waals surface area contributed by atoms with Crippen molar-refractivity contribution in [1.82, 2.24) is 5.27 Å². The first-order chi connectivity index (χ1) is 12.1. The Morgan fingerprint density at radius 1 is 1.20 bits per heavy atom. The van der Waals surface area contributed by atoms with Crippen molar-refractivity contribution in [3.05, 3.63) is 59.1 Å². The lowest BCUT2D eigenvalue weighted by Crippen LogP contribution is -2.34. The molecule has 25 heavy (non-hydrogen) atoms. The number of anilines is 1. The number of carbonyl (C=O) groups is 1. The highest BCUT2D eigenvalue weighted by molar-refractivity contribution is 9.10. The van der Waals surface area contributed by atoms with E-state index in [0.717, 1.165) is 15.8 Å². The molecule has 0 fully saturated rings. The SMILES string of the molecule is O=C(CCSc1c([O-])on[n+]1-c1ccccc1)Nc1ccc(Br)cc1. The van der Waals surface area contributed by atoms with Crippen LogP contribution in [0.1, 0.15) is 6.42 Å². The maximum absolute atomic E-state index is 12.0. The minimum absolute atomic E-state index is 0.120. The van der Waals surface area contributed by atoms with Crippen LogP contribution in [0.3, 0.4) is 0 Å². The van der Waals surface area contributed by atoms with Gasteiger partial charge in [-0.15, -0.1) is 0 Å². The van der Waals surface area contributed by atoms with Crippen LogP contribution in [0.4, 0.5) is 5.69 Å². The molecule has 0 radical (unpaired) electrons. The van der Waals surface area contributed by atoms with Crippen LogP contribution in [0.5, 0.6) is 5.95 Å². The first-order valence-corrected chi connectivity index (χ1v) is 9.24. The minimum Gasteiger partial charge on any atom is -0.538 e. The molecule has 1 heterocycles. The normalized spacial score (nSPS) is 10.6. The Morgan fingerprint density at radius 2 is 1.92 bits per heavy atom. The van der Waals surface area contributed by atoms with Crippen molar-refractivity contribution in [3.63, 3.8) is 0 Å². The van der Waals surface area contributed by atoms with E-state index in [1.54, 1.807) is 0 Å². The second kappa shape index (κ2) is 8.17. The van der Waals surface area contributed by atoms with Crippen molar-refractivity contribution in [2.24, 2.45) is 0 Å². The predicted molar refractivity (Wildman–Crippen MR) is 95.6 cm³/mol. The van der Waals surface area contributed by atoms with E-state index in [-0.39, 0.29) is 12.3 Å². The van der Waals surface area contributed by atoms with Gasteiger partial charge >= 0.3 is 0 Å². The Morgan fingerprint density at radius 3 is 2.64 bits per heavy atom. The summed E-state index contributed by atoms with van der Waals surface area (Å²) < 4.78 is 7.14. The number of para-hydroxylation sites is 1. The highest BCUT2D eigenvalue weighted by Gasteiger charge is 2.20. The van der Waals surface area contributed by atoms with Crippen molar-refractivity contribution >= 4 is 39.3 Å². The molecule has 0 saturated carbocycles. The number of hydrogen-bond acceptors (Lipinski definition) is 5.